The molecule has 2 heterocycles. The standard InChI is InChI=1S/C14H21ClN2O2S/c1-2-19-14(18)17-9-6-11(7-10-17)16-8-5-12-3-4-13(15)20-12/h3-4,11,16H,2,5-10H2,1H3. The molecule has 1 aromatic heterocycles. The lowest BCUT2D eigenvalue weighted by molar-refractivity contribution is 0.0952. The van der Waals surface area contributed by atoms with E-state index >= 15 is 0 Å². The van der Waals surface area contributed by atoms with Gasteiger partial charge in [0.25, 0.3) is 0 Å². The van der Waals surface area contributed by atoms with E-state index in [0.29, 0.717) is 12.6 Å². The van der Waals surface area contributed by atoms with Crippen molar-refractivity contribution < 1.29 is 9.53 Å². The summed E-state index contributed by atoms with van der Waals surface area (Å²) in [4.78, 5) is 14.7. The molecule has 0 aromatic carbocycles. The molecule has 1 amide bonds. The number of thiophene rings is 1. The molecular weight excluding hydrogens is 296 g/mol. The Morgan fingerprint density at radius 2 is 2.25 bits per heavy atom. The van der Waals surface area contributed by atoms with Crippen LogP contribution in [0.3, 0.4) is 0 Å². The third kappa shape index (κ3) is 4.65. The average molecular weight is 317 g/mol. The van der Waals surface area contributed by atoms with Crippen LogP contribution in [0.15, 0.2) is 12.1 Å². The van der Waals surface area contributed by atoms with E-state index in [9.17, 15) is 4.79 Å². The van der Waals surface area contributed by atoms with Crippen molar-refractivity contribution in [2.24, 2.45) is 0 Å². The first kappa shape index (κ1) is 15.6. The molecule has 0 aliphatic carbocycles. The van der Waals surface area contributed by atoms with E-state index in [1.54, 1.807) is 16.2 Å². The fourth-order valence-corrected chi connectivity index (χ4v) is 3.45. The summed E-state index contributed by atoms with van der Waals surface area (Å²) in [5.74, 6) is 0. The lowest BCUT2D eigenvalue weighted by Crippen LogP contribution is -2.45. The minimum Gasteiger partial charge on any atom is -0.450 e. The first-order valence-corrected chi connectivity index (χ1v) is 8.27. The van der Waals surface area contributed by atoms with E-state index in [1.165, 1.54) is 4.88 Å². The van der Waals surface area contributed by atoms with Crippen molar-refractivity contribution in [3.8, 4) is 0 Å². The molecule has 6 heteroatoms. The third-order valence-corrected chi connectivity index (χ3v) is 4.75. The van der Waals surface area contributed by atoms with Gasteiger partial charge in [0.15, 0.2) is 0 Å². The first-order valence-electron chi connectivity index (χ1n) is 7.08. The molecule has 0 radical (unpaired) electrons. The number of ether oxygens (including phenoxy) is 1. The number of hydrogen-bond donors (Lipinski definition) is 1. The van der Waals surface area contributed by atoms with Gasteiger partial charge < -0.3 is 15.0 Å². The summed E-state index contributed by atoms with van der Waals surface area (Å²) >= 11 is 7.55. The van der Waals surface area contributed by atoms with Gasteiger partial charge in [-0.15, -0.1) is 11.3 Å². The highest BCUT2D eigenvalue weighted by Crippen LogP contribution is 2.21. The van der Waals surface area contributed by atoms with Gasteiger partial charge in [0, 0.05) is 30.6 Å². The van der Waals surface area contributed by atoms with Gasteiger partial charge in [0.1, 0.15) is 0 Å². The molecule has 0 unspecified atom stereocenters. The molecule has 0 bridgehead atoms. The Hall–Kier alpha value is -0.780. The summed E-state index contributed by atoms with van der Waals surface area (Å²) in [7, 11) is 0. The van der Waals surface area contributed by atoms with Crippen molar-refractivity contribution in [1.82, 2.24) is 10.2 Å². The van der Waals surface area contributed by atoms with E-state index in [-0.39, 0.29) is 6.09 Å². The van der Waals surface area contributed by atoms with Gasteiger partial charge in [0.2, 0.25) is 0 Å². The Labute approximate surface area is 129 Å². The molecule has 112 valence electrons. The highest BCUT2D eigenvalue weighted by Gasteiger charge is 2.22. The Morgan fingerprint density at radius 1 is 1.50 bits per heavy atom. The monoisotopic (exact) mass is 316 g/mol. The number of piperidine rings is 1. The highest BCUT2D eigenvalue weighted by molar-refractivity contribution is 7.16. The molecule has 1 saturated heterocycles. The number of carbonyl (C=O) groups is 1. The summed E-state index contributed by atoms with van der Waals surface area (Å²) in [6, 6.07) is 4.52. The molecule has 2 rings (SSSR count). The van der Waals surface area contributed by atoms with E-state index < -0.39 is 0 Å². The maximum Gasteiger partial charge on any atom is 0.409 e. The van der Waals surface area contributed by atoms with E-state index in [2.05, 4.69) is 11.4 Å². The molecule has 20 heavy (non-hydrogen) atoms. The van der Waals surface area contributed by atoms with E-state index in [1.807, 2.05) is 13.0 Å². The van der Waals surface area contributed by atoms with Gasteiger partial charge in [-0.05, 0) is 38.3 Å². The lowest BCUT2D eigenvalue weighted by atomic mass is 10.1. The van der Waals surface area contributed by atoms with Crippen LogP contribution in [0.1, 0.15) is 24.6 Å². The predicted molar refractivity (Wildman–Crippen MR) is 82.7 cm³/mol. The molecule has 0 saturated carbocycles. The number of likely N-dealkylation sites (tertiary alicyclic amines) is 1. The smallest absolute Gasteiger partial charge is 0.409 e. The average Bonchev–Trinajstić information content (AvgIpc) is 2.85. The normalized spacial score (nSPS) is 16.4. The number of nitrogens with zero attached hydrogens (tertiary/aromatic N) is 1. The molecule has 4 nitrogen and oxygen atoms in total. The van der Waals surface area contributed by atoms with Crippen LogP contribution >= 0.6 is 22.9 Å². The number of amides is 1. The van der Waals surface area contributed by atoms with Crippen molar-refractivity contribution >= 4 is 29.0 Å². The molecule has 1 aromatic rings. The van der Waals surface area contributed by atoms with Crippen LogP contribution in [0.25, 0.3) is 0 Å². The Bertz CT molecular complexity index is 431. The minimum absolute atomic E-state index is 0.181. The topological polar surface area (TPSA) is 41.6 Å². The molecule has 0 spiro atoms. The second kappa shape index (κ2) is 7.86. The van der Waals surface area contributed by atoms with Crippen LogP contribution in [0.2, 0.25) is 4.34 Å². The summed E-state index contributed by atoms with van der Waals surface area (Å²) in [6.07, 6.45) is 2.81. The van der Waals surface area contributed by atoms with Gasteiger partial charge in [-0.2, -0.15) is 0 Å². The number of rotatable bonds is 5. The Balaban J connectivity index is 1.63. The van der Waals surface area contributed by atoms with Crippen molar-refractivity contribution in [3.63, 3.8) is 0 Å². The first-order chi connectivity index (χ1) is 9.69. The number of carbonyl (C=O) groups excluding carboxylic acids is 1. The van der Waals surface area contributed by atoms with Crippen molar-refractivity contribution in [2.75, 3.05) is 26.2 Å². The minimum atomic E-state index is -0.181. The highest BCUT2D eigenvalue weighted by atomic mass is 35.5. The summed E-state index contributed by atoms with van der Waals surface area (Å²) in [5, 5.41) is 3.56. The molecule has 1 N–H and O–H groups in total. The second-order valence-corrected chi connectivity index (χ2v) is 6.67. The zero-order chi connectivity index (χ0) is 14.4. The SMILES string of the molecule is CCOC(=O)N1CCC(NCCc2ccc(Cl)s2)CC1. The summed E-state index contributed by atoms with van der Waals surface area (Å²) < 4.78 is 5.86. The largest absolute Gasteiger partial charge is 0.450 e. The molecular formula is C14H21ClN2O2S. The third-order valence-electron chi connectivity index (χ3n) is 3.45. The maximum atomic E-state index is 11.6. The Morgan fingerprint density at radius 3 is 2.85 bits per heavy atom. The van der Waals surface area contributed by atoms with Crippen LogP contribution in [0, 0.1) is 0 Å². The molecule has 0 atom stereocenters. The summed E-state index contributed by atoms with van der Waals surface area (Å²) in [6.45, 7) is 4.80. The summed E-state index contributed by atoms with van der Waals surface area (Å²) in [5.41, 5.74) is 0. The van der Waals surface area contributed by atoms with Gasteiger partial charge in [-0.25, -0.2) is 4.79 Å². The van der Waals surface area contributed by atoms with Crippen LogP contribution in [0.5, 0.6) is 0 Å². The van der Waals surface area contributed by atoms with Gasteiger partial charge in [-0.3, -0.25) is 0 Å². The quantitative estimate of drug-likeness (QED) is 0.907. The fraction of sp³-hybridized carbons (Fsp3) is 0.643. The number of nitrogens with one attached hydrogen (secondary N) is 1. The number of halogens is 1. The van der Waals surface area contributed by atoms with Crippen molar-refractivity contribution in [3.05, 3.63) is 21.3 Å². The molecule has 1 aliphatic rings. The van der Waals surface area contributed by atoms with Crippen LogP contribution < -0.4 is 5.32 Å². The molecule has 1 aliphatic heterocycles. The van der Waals surface area contributed by atoms with Crippen molar-refractivity contribution in [2.45, 2.75) is 32.2 Å². The molecule has 1 fully saturated rings. The van der Waals surface area contributed by atoms with Crippen LogP contribution in [0.4, 0.5) is 4.79 Å². The van der Waals surface area contributed by atoms with Gasteiger partial charge in [0.05, 0.1) is 10.9 Å². The maximum absolute atomic E-state index is 11.6. The van der Waals surface area contributed by atoms with Gasteiger partial charge >= 0.3 is 6.09 Å². The van der Waals surface area contributed by atoms with Crippen LogP contribution in [-0.2, 0) is 11.2 Å². The van der Waals surface area contributed by atoms with Crippen LogP contribution in [-0.4, -0.2) is 43.3 Å². The number of hydrogen-bond acceptors (Lipinski definition) is 4. The van der Waals surface area contributed by atoms with Crippen molar-refractivity contribution in [1.29, 1.82) is 0 Å². The van der Waals surface area contributed by atoms with Gasteiger partial charge in [-0.1, -0.05) is 11.6 Å². The fourth-order valence-electron chi connectivity index (χ4n) is 2.37. The second-order valence-electron chi connectivity index (χ2n) is 4.87. The lowest BCUT2D eigenvalue weighted by Gasteiger charge is -2.31. The predicted octanol–water partition coefficient (Wildman–Crippen LogP) is 3.15. The van der Waals surface area contributed by atoms with E-state index in [0.717, 1.165) is 43.2 Å². The zero-order valence-corrected chi connectivity index (χ0v) is 13.3. The Kier molecular flexibility index (Phi) is 6.13. The zero-order valence-electron chi connectivity index (χ0n) is 11.7. The van der Waals surface area contributed by atoms with E-state index in [4.69, 9.17) is 16.3 Å².